The highest BCUT2D eigenvalue weighted by Crippen LogP contribution is 2.26. The van der Waals surface area contributed by atoms with Crippen molar-refractivity contribution in [2.24, 2.45) is 5.73 Å². The maximum absolute atomic E-state index is 5.95. The summed E-state index contributed by atoms with van der Waals surface area (Å²) in [5, 5.41) is 8.54. The van der Waals surface area contributed by atoms with E-state index in [-0.39, 0.29) is 6.04 Å². The Morgan fingerprint density at radius 2 is 2.24 bits per heavy atom. The minimum absolute atomic E-state index is 0.141. The van der Waals surface area contributed by atoms with Crippen LogP contribution in [0.1, 0.15) is 18.7 Å². The van der Waals surface area contributed by atoms with E-state index in [4.69, 9.17) is 22.1 Å². The van der Waals surface area contributed by atoms with E-state index in [0.29, 0.717) is 10.8 Å². The number of hydrogen-bond acceptors (Lipinski definition) is 4. The van der Waals surface area contributed by atoms with Gasteiger partial charge in [0, 0.05) is 12.1 Å². The predicted molar refractivity (Wildman–Crippen MR) is 65.5 cm³/mol. The normalized spacial score (nSPS) is 12.5. The average Bonchev–Trinajstić information content (AvgIpc) is 2.79. The van der Waals surface area contributed by atoms with Crippen LogP contribution in [0.25, 0.3) is 5.69 Å². The molecule has 2 N–H and O–H groups in total. The molecular formula is C11H13ClN4O. The molecule has 0 aliphatic carbocycles. The van der Waals surface area contributed by atoms with E-state index in [9.17, 15) is 0 Å². The second-order valence-corrected chi connectivity index (χ2v) is 4.10. The van der Waals surface area contributed by atoms with E-state index in [0.717, 1.165) is 11.4 Å². The number of methoxy groups -OCH3 is 1. The van der Waals surface area contributed by atoms with Crippen LogP contribution in [0.4, 0.5) is 0 Å². The molecule has 1 atom stereocenters. The predicted octanol–water partition coefficient (Wildman–Crippen LogP) is 1.95. The SMILES string of the molecule is COc1cc(-n2cc(C(C)N)nn2)ccc1Cl. The van der Waals surface area contributed by atoms with Crippen LogP contribution in [0.5, 0.6) is 5.75 Å². The Balaban J connectivity index is 2.38. The third-order valence-electron chi connectivity index (χ3n) is 2.38. The van der Waals surface area contributed by atoms with E-state index in [1.54, 1.807) is 30.1 Å². The molecule has 1 unspecified atom stereocenters. The van der Waals surface area contributed by atoms with Crippen molar-refractivity contribution in [1.82, 2.24) is 15.0 Å². The Morgan fingerprint density at radius 3 is 2.82 bits per heavy atom. The molecular weight excluding hydrogens is 240 g/mol. The summed E-state index contributed by atoms with van der Waals surface area (Å²) in [4.78, 5) is 0. The van der Waals surface area contributed by atoms with Crippen LogP contribution in [-0.4, -0.2) is 22.1 Å². The van der Waals surface area contributed by atoms with Crippen molar-refractivity contribution in [2.45, 2.75) is 13.0 Å². The molecule has 6 heteroatoms. The average molecular weight is 253 g/mol. The molecule has 5 nitrogen and oxygen atoms in total. The smallest absolute Gasteiger partial charge is 0.139 e. The van der Waals surface area contributed by atoms with Crippen LogP contribution in [0.15, 0.2) is 24.4 Å². The Kier molecular flexibility index (Phi) is 3.31. The van der Waals surface area contributed by atoms with Gasteiger partial charge in [-0.05, 0) is 19.1 Å². The number of benzene rings is 1. The molecule has 0 radical (unpaired) electrons. The first kappa shape index (κ1) is 11.9. The van der Waals surface area contributed by atoms with Gasteiger partial charge in [0.25, 0.3) is 0 Å². The zero-order chi connectivity index (χ0) is 12.4. The quantitative estimate of drug-likeness (QED) is 0.907. The van der Waals surface area contributed by atoms with Gasteiger partial charge in [0.15, 0.2) is 0 Å². The molecule has 90 valence electrons. The van der Waals surface area contributed by atoms with Crippen LogP contribution in [0, 0.1) is 0 Å². The van der Waals surface area contributed by atoms with Gasteiger partial charge in [-0.1, -0.05) is 16.8 Å². The van der Waals surface area contributed by atoms with Crippen molar-refractivity contribution >= 4 is 11.6 Å². The topological polar surface area (TPSA) is 66.0 Å². The summed E-state index contributed by atoms with van der Waals surface area (Å²) in [6.45, 7) is 1.86. The number of hydrogen-bond donors (Lipinski definition) is 1. The summed E-state index contributed by atoms with van der Waals surface area (Å²) >= 11 is 5.95. The van der Waals surface area contributed by atoms with Crippen molar-refractivity contribution < 1.29 is 4.74 Å². The van der Waals surface area contributed by atoms with Gasteiger partial charge < -0.3 is 10.5 Å². The molecule has 1 aromatic carbocycles. The summed E-state index contributed by atoms with van der Waals surface area (Å²) in [5.74, 6) is 0.599. The van der Waals surface area contributed by atoms with Crippen molar-refractivity contribution in [3.63, 3.8) is 0 Å². The van der Waals surface area contributed by atoms with Crippen molar-refractivity contribution in [3.8, 4) is 11.4 Å². The van der Waals surface area contributed by atoms with E-state index < -0.39 is 0 Å². The highest BCUT2D eigenvalue weighted by Gasteiger charge is 2.08. The molecule has 0 aliphatic rings. The number of aromatic nitrogens is 3. The lowest BCUT2D eigenvalue weighted by Crippen LogP contribution is -2.04. The number of nitrogens with zero attached hydrogens (tertiary/aromatic N) is 3. The maximum atomic E-state index is 5.95. The minimum Gasteiger partial charge on any atom is -0.495 e. The molecule has 0 saturated carbocycles. The molecule has 17 heavy (non-hydrogen) atoms. The van der Waals surface area contributed by atoms with Gasteiger partial charge in [-0.3, -0.25) is 0 Å². The second kappa shape index (κ2) is 4.73. The third kappa shape index (κ3) is 2.40. The van der Waals surface area contributed by atoms with Crippen LogP contribution in [-0.2, 0) is 0 Å². The first-order valence-electron chi connectivity index (χ1n) is 5.13. The number of nitrogens with two attached hydrogens (primary N) is 1. The summed E-state index contributed by atoms with van der Waals surface area (Å²) < 4.78 is 6.78. The molecule has 0 spiro atoms. The Hall–Kier alpha value is -1.59. The number of rotatable bonds is 3. The molecule has 2 aromatic rings. The number of ether oxygens (including phenoxy) is 1. The Labute approximate surface area is 104 Å². The largest absolute Gasteiger partial charge is 0.495 e. The molecule has 0 amide bonds. The highest BCUT2D eigenvalue weighted by atomic mass is 35.5. The molecule has 0 bridgehead atoms. The Bertz CT molecular complexity index is 524. The fourth-order valence-electron chi connectivity index (χ4n) is 1.40. The fraction of sp³-hybridized carbons (Fsp3) is 0.273. The lowest BCUT2D eigenvalue weighted by Gasteiger charge is -2.05. The second-order valence-electron chi connectivity index (χ2n) is 3.70. The van der Waals surface area contributed by atoms with Crippen LogP contribution < -0.4 is 10.5 Å². The van der Waals surface area contributed by atoms with Gasteiger partial charge in [0.2, 0.25) is 0 Å². The fourth-order valence-corrected chi connectivity index (χ4v) is 1.60. The number of halogens is 1. The lowest BCUT2D eigenvalue weighted by molar-refractivity contribution is 0.414. The van der Waals surface area contributed by atoms with E-state index in [1.807, 2.05) is 13.0 Å². The van der Waals surface area contributed by atoms with Gasteiger partial charge in [-0.15, -0.1) is 5.10 Å². The van der Waals surface area contributed by atoms with Gasteiger partial charge >= 0.3 is 0 Å². The molecule has 0 fully saturated rings. The standard InChI is InChI=1S/C11H13ClN4O/c1-7(13)10-6-16(15-14-10)8-3-4-9(12)11(5-8)17-2/h3-7H,13H2,1-2H3. The van der Waals surface area contributed by atoms with E-state index >= 15 is 0 Å². The van der Waals surface area contributed by atoms with Crippen LogP contribution in [0.2, 0.25) is 5.02 Å². The summed E-state index contributed by atoms with van der Waals surface area (Å²) in [6, 6.07) is 5.24. The van der Waals surface area contributed by atoms with Crippen molar-refractivity contribution in [1.29, 1.82) is 0 Å². The molecule has 1 heterocycles. The monoisotopic (exact) mass is 252 g/mol. The van der Waals surface area contributed by atoms with Crippen LogP contribution in [0.3, 0.4) is 0 Å². The summed E-state index contributed by atoms with van der Waals surface area (Å²) in [6.07, 6.45) is 1.79. The lowest BCUT2D eigenvalue weighted by atomic mass is 10.2. The van der Waals surface area contributed by atoms with Gasteiger partial charge in [-0.2, -0.15) is 0 Å². The molecule has 2 rings (SSSR count). The third-order valence-corrected chi connectivity index (χ3v) is 2.69. The summed E-state index contributed by atoms with van der Waals surface area (Å²) in [5.41, 5.74) is 7.28. The zero-order valence-electron chi connectivity index (χ0n) is 9.59. The van der Waals surface area contributed by atoms with Gasteiger partial charge in [0.1, 0.15) is 5.75 Å². The molecule has 0 saturated heterocycles. The van der Waals surface area contributed by atoms with E-state index in [1.165, 1.54) is 0 Å². The van der Waals surface area contributed by atoms with Gasteiger partial charge in [0.05, 0.1) is 29.7 Å². The minimum atomic E-state index is -0.141. The van der Waals surface area contributed by atoms with E-state index in [2.05, 4.69) is 10.3 Å². The first-order chi connectivity index (χ1) is 8.11. The van der Waals surface area contributed by atoms with Gasteiger partial charge in [-0.25, -0.2) is 4.68 Å². The molecule has 1 aromatic heterocycles. The van der Waals surface area contributed by atoms with Crippen LogP contribution >= 0.6 is 11.6 Å². The summed E-state index contributed by atoms with van der Waals surface area (Å²) in [7, 11) is 1.57. The first-order valence-corrected chi connectivity index (χ1v) is 5.51. The maximum Gasteiger partial charge on any atom is 0.139 e. The molecule has 0 aliphatic heterocycles. The van der Waals surface area contributed by atoms with Crippen molar-refractivity contribution in [2.75, 3.05) is 7.11 Å². The Morgan fingerprint density at radius 1 is 1.47 bits per heavy atom. The highest BCUT2D eigenvalue weighted by molar-refractivity contribution is 6.32. The van der Waals surface area contributed by atoms with Crippen molar-refractivity contribution in [3.05, 3.63) is 35.1 Å². The zero-order valence-corrected chi connectivity index (χ0v) is 10.3.